The van der Waals surface area contributed by atoms with Gasteiger partial charge in [-0.2, -0.15) is 13.7 Å². The Morgan fingerprint density at radius 1 is 1.36 bits per heavy atom. The van der Waals surface area contributed by atoms with Crippen LogP contribution in [0.15, 0.2) is 35.5 Å². The van der Waals surface area contributed by atoms with Crippen molar-refractivity contribution in [2.24, 2.45) is 21.9 Å². The van der Waals surface area contributed by atoms with E-state index in [4.69, 9.17) is 4.28 Å². The van der Waals surface area contributed by atoms with E-state index in [2.05, 4.69) is 5.16 Å². The zero-order chi connectivity index (χ0) is 18.3. The van der Waals surface area contributed by atoms with Crippen LogP contribution in [-0.4, -0.2) is 25.7 Å². The summed E-state index contributed by atoms with van der Waals surface area (Å²) in [6.45, 7) is 3.91. The summed E-state index contributed by atoms with van der Waals surface area (Å²) in [7, 11) is -4.09. The Bertz CT molecular complexity index is 868. The molecule has 0 radical (unpaired) electrons. The van der Waals surface area contributed by atoms with Crippen LogP contribution < -0.4 is 0 Å². The highest BCUT2D eigenvalue weighted by atomic mass is 32.2. The number of hydrogen-bond donors (Lipinski definition) is 0. The predicted octanol–water partition coefficient (Wildman–Crippen LogP) is 2.66. The van der Waals surface area contributed by atoms with Crippen LogP contribution in [0.5, 0.6) is 0 Å². The van der Waals surface area contributed by atoms with E-state index < -0.39 is 15.5 Å². The first-order chi connectivity index (χ1) is 11.7. The molecule has 0 spiro atoms. The highest BCUT2D eigenvalue weighted by molar-refractivity contribution is 7.86. The summed E-state index contributed by atoms with van der Waals surface area (Å²) in [5.41, 5.74) is -0.938. The Morgan fingerprint density at radius 2 is 2.04 bits per heavy atom. The van der Waals surface area contributed by atoms with E-state index in [1.54, 1.807) is 30.3 Å². The molecule has 2 atom stereocenters. The van der Waals surface area contributed by atoms with E-state index in [1.165, 1.54) is 0 Å². The largest absolute Gasteiger partial charge is 0.329 e. The summed E-state index contributed by atoms with van der Waals surface area (Å²) in [5, 5.41) is 12.7. The van der Waals surface area contributed by atoms with E-state index in [-0.39, 0.29) is 28.6 Å². The number of fused-ring (bicyclic) bond motifs is 2. The van der Waals surface area contributed by atoms with E-state index in [1.807, 2.05) is 19.9 Å². The Hall–Kier alpha value is -2.20. The van der Waals surface area contributed by atoms with Gasteiger partial charge in [-0.15, -0.1) is 0 Å². The molecule has 0 aliphatic heterocycles. The molecular formula is C18H20N2O4S. The lowest BCUT2D eigenvalue weighted by Crippen LogP contribution is -2.42. The molecule has 2 aliphatic rings. The van der Waals surface area contributed by atoms with Crippen molar-refractivity contribution in [3.05, 3.63) is 35.9 Å². The average Bonchev–Trinajstić information content (AvgIpc) is 2.90. The second-order valence-electron chi connectivity index (χ2n) is 7.36. The van der Waals surface area contributed by atoms with Crippen molar-refractivity contribution < 1.29 is 17.5 Å². The third kappa shape index (κ3) is 2.85. The Kier molecular flexibility index (Phi) is 4.20. The van der Waals surface area contributed by atoms with Gasteiger partial charge in [0.2, 0.25) is 0 Å². The molecule has 2 unspecified atom stereocenters. The van der Waals surface area contributed by atoms with Crippen LogP contribution in [0.4, 0.5) is 0 Å². The summed E-state index contributed by atoms with van der Waals surface area (Å²) >= 11 is 0. The number of nitriles is 1. The third-order valence-electron chi connectivity index (χ3n) is 5.96. The first-order valence-electron chi connectivity index (χ1n) is 8.20. The fourth-order valence-electron chi connectivity index (χ4n) is 4.26. The molecule has 2 saturated carbocycles. The maximum absolute atomic E-state index is 12.5. The molecule has 2 aliphatic carbocycles. The van der Waals surface area contributed by atoms with Gasteiger partial charge < -0.3 is 0 Å². The van der Waals surface area contributed by atoms with Gasteiger partial charge in [-0.3, -0.25) is 9.08 Å². The van der Waals surface area contributed by atoms with E-state index in [0.717, 1.165) is 6.42 Å². The van der Waals surface area contributed by atoms with Crippen molar-refractivity contribution in [2.45, 2.75) is 33.1 Å². The maximum atomic E-state index is 12.5. The zero-order valence-corrected chi connectivity index (χ0v) is 15.0. The van der Waals surface area contributed by atoms with Gasteiger partial charge in [-0.25, -0.2) is 0 Å². The fourth-order valence-corrected chi connectivity index (χ4v) is 5.79. The molecule has 1 aromatic carbocycles. The number of oxime groups is 1. The van der Waals surface area contributed by atoms with Crippen LogP contribution in [0.25, 0.3) is 0 Å². The molecule has 0 heterocycles. The number of nitrogens with zero attached hydrogens (tertiary/aromatic N) is 2. The predicted molar refractivity (Wildman–Crippen MR) is 92.0 cm³/mol. The molecule has 25 heavy (non-hydrogen) atoms. The summed E-state index contributed by atoms with van der Waals surface area (Å²) in [6, 6.07) is 10.3. The Morgan fingerprint density at radius 3 is 2.56 bits per heavy atom. The first-order valence-corrected chi connectivity index (χ1v) is 9.78. The van der Waals surface area contributed by atoms with Gasteiger partial charge in [-0.1, -0.05) is 49.3 Å². The topological polar surface area (TPSA) is 96.6 Å². The lowest BCUT2D eigenvalue weighted by atomic mass is 9.70. The monoisotopic (exact) mass is 360 g/mol. The molecule has 0 amide bonds. The number of rotatable bonds is 5. The summed E-state index contributed by atoms with van der Waals surface area (Å²) in [6.07, 6.45) is 1.84. The SMILES string of the molecule is CC1(C)C2CCC1(CS(=O)(=O)ON=C(C#N)c1ccccc1)C(=O)C2. The van der Waals surface area contributed by atoms with Gasteiger partial charge in [0.15, 0.2) is 5.71 Å². The number of ketones is 1. The lowest BCUT2D eigenvalue weighted by molar-refractivity contribution is -0.128. The van der Waals surface area contributed by atoms with E-state index >= 15 is 0 Å². The summed E-state index contributed by atoms with van der Waals surface area (Å²) in [5.74, 6) is -0.176. The molecule has 7 heteroatoms. The zero-order valence-electron chi connectivity index (χ0n) is 14.2. The first kappa shape index (κ1) is 17.6. The minimum Gasteiger partial charge on any atom is -0.299 e. The molecule has 6 nitrogen and oxygen atoms in total. The van der Waals surface area contributed by atoms with Gasteiger partial charge in [-0.05, 0) is 24.2 Å². The minimum atomic E-state index is -4.09. The quantitative estimate of drug-likeness (QED) is 0.594. The van der Waals surface area contributed by atoms with Crippen LogP contribution in [-0.2, 0) is 19.2 Å². The van der Waals surface area contributed by atoms with Crippen LogP contribution in [0.2, 0.25) is 0 Å². The van der Waals surface area contributed by atoms with E-state index in [9.17, 15) is 18.5 Å². The standard InChI is InChI=1S/C18H20N2O4S/c1-17(2)14-8-9-18(17,16(21)10-14)12-25(22,23)24-20-15(11-19)13-6-4-3-5-7-13/h3-7,14H,8-10,12H2,1-2H3. The third-order valence-corrected chi connectivity index (χ3v) is 7.11. The number of carbonyl (C=O) groups is 1. The van der Waals surface area contributed by atoms with Crippen LogP contribution in [0.3, 0.4) is 0 Å². The lowest BCUT2D eigenvalue weighted by Gasteiger charge is -2.35. The van der Waals surface area contributed by atoms with Crippen LogP contribution in [0.1, 0.15) is 38.7 Å². The smallest absolute Gasteiger partial charge is 0.299 e. The Balaban J connectivity index is 1.83. The highest BCUT2D eigenvalue weighted by Crippen LogP contribution is 2.64. The number of carbonyl (C=O) groups excluding carboxylic acids is 1. The van der Waals surface area contributed by atoms with Crippen molar-refractivity contribution in [3.63, 3.8) is 0 Å². The van der Waals surface area contributed by atoms with Gasteiger partial charge in [0.25, 0.3) is 0 Å². The van der Waals surface area contributed by atoms with Gasteiger partial charge >= 0.3 is 10.1 Å². The van der Waals surface area contributed by atoms with Crippen molar-refractivity contribution in [3.8, 4) is 6.07 Å². The average molecular weight is 360 g/mol. The molecule has 2 bridgehead atoms. The number of benzene rings is 1. The fraction of sp³-hybridized carbons (Fsp3) is 0.500. The molecule has 1 aromatic rings. The van der Waals surface area contributed by atoms with Crippen molar-refractivity contribution in [1.82, 2.24) is 0 Å². The maximum Gasteiger partial charge on any atom is 0.329 e. The van der Waals surface area contributed by atoms with Crippen LogP contribution in [0, 0.1) is 28.1 Å². The van der Waals surface area contributed by atoms with Crippen molar-refractivity contribution >= 4 is 21.6 Å². The molecule has 0 N–H and O–H groups in total. The summed E-state index contributed by atoms with van der Waals surface area (Å²) < 4.78 is 29.7. The molecule has 0 saturated heterocycles. The molecule has 132 valence electrons. The number of hydrogen-bond acceptors (Lipinski definition) is 6. The van der Waals surface area contributed by atoms with Crippen LogP contribution >= 0.6 is 0 Å². The van der Waals surface area contributed by atoms with Gasteiger partial charge in [0, 0.05) is 12.0 Å². The van der Waals surface area contributed by atoms with E-state index in [0.29, 0.717) is 18.4 Å². The molecule has 0 aromatic heterocycles. The highest BCUT2D eigenvalue weighted by Gasteiger charge is 2.65. The second kappa shape index (κ2) is 5.95. The summed E-state index contributed by atoms with van der Waals surface area (Å²) in [4.78, 5) is 12.5. The number of Topliss-reactive ketones (excluding diaryl/α,β-unsaturated/α-hetero) is 1. The normalized spacial score (nSPS) is 28.0. The van der Waals surface area contributed by atoms with Crippen molar-refractivity contribution in [2.75, 3.05) is 5.75 Å². The molecule has 2 fully saturated rings. The Labute approximate surface area is 147 Å². The van der Waals surface area contributed by atoms with Gasteiger partial charge in [0.05, 0.1) is 5.41 Å². The van der Waals surface area contributed by atoms with Crippen molar-refractivity contribution in [1.29, 1.82) is 5.26 Å². The minimum absolute atomic E-state index is 0.00605. The molecule has 3 rings (SSSR count). The molecular weight excluding hydrogens is 340 g/mol. The second-order valence-corrected chi connectivity index (χ2v) is 8.91. The van der Waals surface area contributed by atoms with Gasteiger partial charge in [0.1, 0.15) is 17.6 Å².